The minimum absolute atomic E-state index is 0.496. The Bertz CT molecular complexity index is 359. The Kier molecular flexibility index (Phi) is 3.24. The van der Waals surface area contributed by atoms with Crippen molar-refractivity contribution in [3.63, 3.8) is 0 Å². The van der Waals surface area contributed by atoms with Crippen molar-refractivity contribution in [3.8, 4) is 0 Å². The van der Waals surface area contributed by atoms with E-state index in [2.05, 4.69) is 0 Å². The van der Waals surface area contributed by atoms with E-state index in [9.17, 15) is 9.59 Å². The normalized spacial score (nSPS) is 12.1. The number of thiophene rings is 1. The van der Waals surface area contributed by atoms with Crippen molar-refractivity contribution in [2.75, 3.05) is 0 Å². The maximum atomic E-state index is 11.4. The van der Waals surface area contributed by atoms with Gasteiger partial charge in [-0.2, -0.15) is 0 Å². The van der Waals surface area contributed by atoms with Gasteiger partial charge in [0.05, 0.1) is 0 Å². The summed E-state index contributed by atoms with van der Waals surface area (Å²) < 4.78 is 4.83. The van der Waals surface area contributed by atoms with Crippen molar-refractivity contribution in [1.29, 1.82) is 0 Å². The molecular formula is C9H11NO3S. The van der Waals surface area contributed by atoms with Gasteiger partial charge in [-0.25, -0.2) is 4.79 Å². The maximum absolute atomic E-state index is 11.4. The van der Waals surface area contributed by atoms with E-state index in [0.29, 0.717) is 4.88 Å². The van der Waals surface area contributed by atoms with Gasteiger partial charge in [0.1, 0.15) is 4.88 Å². The summed E-state index contributed by atoms with van der Waals surface area (Å²) in [5, 5.41) is 1.79. The summed E-state index contributed by atoms with van der Waals surface area (Å²) in [6, 6.07) is 1.82. The fraction of sp³-hybridized carbons (Fsp3) is 0.333. The minimum Gasteiger partial charge on any atom is -0.448 e. The van der Waals surface area contributed by atoms with Gasteiger partial charge in [0, 0.05) is 0 Å². The third-order valence-electron chi connectivity index (χ3n) is 1.73. The average Bonchev–Trinajstić information content (AvgIpc) is 2.51. The van der Waals surface area contributed by atoms with Crippen LogP contribution in [-0.2, 0) is 9.53 Å². The summed E-state index contributed by atoms with van der Waals surface area (Å²) in [5.74, 6) is -1.14. The van der Waals surface area contributed by atoms with Crippen LogP contribution < -0.4 is 5.73 Å². The summed E-state index contributed by atoms with van der Waals surface area (Å²) >= 11 is 1.28. The summed E-state index contributed by atoms with van der Waals surface area (Å²) in [7, 11) is 0. The quantitative estimate of drug-likeness (QED) is 0.764. The van der Waals surface area contributed by atoms with Crippen LogP contribution in [-0.4, -0.2) is 18.0 Å². The lowest BCUT2D eigenvalue weighted by Crippen LogP contribution is -2.30. The highest BCUT2D eigenvalue weighted by molar-refractivity contribution is 7.12. The molecule has 1 aromatic heterocycles. The number of primary amides is 1. The molecule has 1 unspecified atom stereocenters. The zero-order valence-corrected chi connectivity index (χ0v) is 8.76. The van der Waals surface area contributed by atoms with Gasteiger partial charge in [-0.05, 0) is 30.9 Å². The van der Waals surface area contributed by atoms with E-state index in [1.165, 1.54) is 18.3 Å². The first kappa shape index (κ1) is 10.7. The second-order valence-corrected chi connectivity index (χ2v) is 3.80. The lowest BCUT2D eigenvalue weighted by atomic mass is 10.3. The molecule has 5 heteroatoms. The molecule has 0 saturated carbocycles. The number of hydrogen-bond donors (Lipinski definition) is 1. The Morgan fingerprint density at radius 2 is 2.21 bits per heavy atom. The number of nitrogens with two attached hydrogens (primary N) is 1. The molecule has 4 nitrogen and oxygen atoms in total. The molecule has 1 atom stereocenters. The fourth-order valence-electron chi connectivity index (χ4n) is 0.854. The zero-order chi connectivity index (χ0) is 10.7. The van der Waals surface area contributed by atoms with E-state index in [-0.39, 0.29) is 0 Å². The molecule has 2 N–H and O–H groups in total. The van der Waals surface area contributed by atoms with Gasteiger partial charge in [0.2, 0.25) is 0 Å². The smallest absolute Gasteiger partial charge is 0.349 e. The highest BCUT2D eigenvalue weighted by atomic mass is 32.1. The van der Waals surface area contributed by atoms with Gasteiger partial charge in [0.25, 0.3) is 5.91 Å². The van der Waals surface area contributed by atoms with Crippen molar-refractivity contribution in [2.24, 2.45) is 5.73 Å². The largest absolute Gasteiger partial charge is 0.448 e. The van der Waals surface area contributed by atoms with Crippen LogP contribution in [0.5, 0.6) is 0 Å². The van der Waals surface area contributed by atoms with Crippen LogP contribution in [0.1, 0.15) is 22.2 Å². The Labute approximate surface area is 85.7 Å². The van der Waals surface area contributed by atoms with Crippen molar-refractivity contribution in [3.05, 3.63) is 21.9 Å². The van der Waals surface area contributed by atoms with E-state index in [1.54, 1.807) is 5.38 Å². The van der Waals surface area contributed by atoms with Crippen molar-refractivity contribution in [1.82, 2.24) is 0 Å². The summed E-state index contributed by atoms with van der Waals surface area (Å²) in [6.07, 6.45) is -0.885. The zero-order valence-electron chi connectivity index (χ0n) is 7.94. The molecule has 0 fully saturated rings. The molecule has 0 bridgehead atoms. The van der Waals surface area contributed by atoms with Crippen molar-refractivity contribution >= 4 is 23.2 Å². The topological polar surface area (TPSA) is 69.4 Å². The second-order valence-electron chi connectivity index (χ2n) is 2.88. The van der Waals surface area contributed by atoms with E-state index in [1.807, 2.05) is 13.0 Å². The molecule has 0 spiro atoms. The Morgan fingerprint density at radius 3 is 2.64 bits per heavy atom. The monoisotopic (exact) mass is 213 g/mol. The van der Waals surface area contributed by atoms with E-state index >= 15 is 0 Å². The highest BCUT2D eigenvalue weighted by Crippen LogP contribution is 2.17. The number of amides is 1. The molecule has 0 aliphatic rings. The second kappa shape index (κ2) is 4.23. The van der Waals surface area contributed by atoms with Crippen LogP contribution in [0.4, 0.5) is 0 Å². The highest BCUT2D eigenvalue weighted by Gasteiger charge is 2.18. The summed E-state index contributed by atoms with van der Waals surface area (Å²) in [6.45, 7) is 3.26. The molecule has 1 rings (SSSR count). The minimum atomic E-state index is -0.885. The van der Waals surface area contributed by atoms with Crippen molar-refractivity contribution < 1.29 is 14.3 Å². The third kappa shape index (κ3) is 2.32. The molecular weight excluding hydrogens is 202 g/mol. The molecule has 0 saturated heterocycles. The van der Waals surface area contributed by atoms with Gasteiger partial charge in [-0.1, -0.05) is 0 Å². The SMILES string of the molecule is Cc1ccsc1C(=O)OC(C)C(N)=O. The van der Waals surface area contributed by atoms with Gasteiger partial charge in [-0.15, -0.1) is 11.3 Å². The average molecular weight is 213 g/mol. The van der Waals surface area contributed by atoms with Crippen LogP contribution in [0.25, 0.3) is 0 Å². The predicted octanol–water partition coefficient (Wildman–Crippen LogP) is 1.09. The Morgan fingerprint density at radius 1 is 1.57 bits per heavy atom. The molecule has 1 amide bonds. The van der Waals surface area contributed by atoms with Gasteiger partial charge in [-0.3, -0.25) is 4.79 Å². The lowest BCUT2D eigenvalue weighted by molar-refractivity contribution is -0.125. The molecule has 0 radical (unpaired) electrons. The predicted molar refractivity (Wildman–Crippen MR) is 53.1 cm³/mol. The molecule has 0 aliphatic carbocycles. The van der Waals surface area contributed by atoms with Gasteiger partial charge >= 0.3 is 5.97 Å². The first-order valence-electron chi connectivity index (χ1n) is 4.06. The first-order valence-corrected chi connectivity index (χ1v) is 4.94. The number of aryl methyl sites for hydroxylation is 1. The summed E-state index contributed by atoms with van der Waals surface area (Å²) in [5.41, 5.74) is 5.81. The third-order valence-corrected chi connectivity index (χ3v) is 2.73. The molecule has 76 valence electrons. The number of carbonyl (C=O) groups excluding carboxylic acids is 2. The molecule has 14 heavy (non-hydrogen) atoms. The fourth-order valence-corrected chi connectivity index (χ4v) is 1.66. The van der Waals surface area contributed by atoms with E-state index < -0.39 is 18.0 Å². The number of esters is 1. The first-order chi connectivity index (χ1) is 6.52. The standard InChI is InChI=1S/C9H11NO3S/c1-5-3-4-14-7(5)9(12)13-6(2)8(10)11/h3-4,6H,1-2H3,(H2,10,11). The van der Waals surface area contributed by atoms with Crippen LogP contribution >= 0.6 is 11.3 Å². The number of rotatable bonds is 3. The maximum Gasteiger partial charge on any atom is 0.349 e. The summed E-state index contributed by atoms with van der Waals surface area (Å²) in [4.78, 5) is 22.6. The van der Waals surface area contributed by atoms with Gasteiger partial charge < -0.3 is 10.5 Å². The van der Waals surface area contributed by atoms with Crippen LogP contribution in [0, 0.1) is 6.92 Å². The van der Waals surface area contributed by atoms with Crippen LogP contribution in [0.15, 0.2) is 11.4 Å². The molecule has 1 heterocycles. The van der Waals surface area contributed by atoms with E-state index in [0.717, 1.165) is 5.56 Å². The lowest BCUT2D eigenvalue weighted by Gasteiger charge is -2.08. The van der Waals surface area contributed by atoms with E-state index in [4.69, 9.17) is 10.5 Å². The van der Waals surface area contributed by atoms with Gasteiger partial charge in [0.15, 0.2) is 6.10 Å². The number of carbonyl (C=O) groups is 2. The van der Waals surface area contributed by atoms with Crippen LogP contribution in [0.2, 0.25) is 0 Å². The van der Waals surface area contributed by atoms with Crippen LogP contribution in [0.3, 0.4) is 0 Å². The number of hydrogen-bond acceptors (Lipinski definition) is 4. The van der Waals surface area contributed by atoms with Crippen molar-refractivity contribution in [2.45, 2.75) is 20.0 Å². The molecule has 0 aromatic carbocycles. The number of ether oxygens (including phenoxy) is 1. The molecule has 0 aliphatic heterocycles. The Balaban J connectivity index is 2.69. The Hall–Kier alpha value is -1.36. The molecule has 1 aromatic rings.